The summed E-state index contributed by atoms with van der Waals surface area (Å²) in [4.78, 5) is 19.3. The Morgan fingerprint density at radius 2 is 1.84 bits per heavy atom. The van der Waals surface area contributed by atoms with Crippen molar-refractivity contribution in [1.82, 2.24) is 4.98 Å². The van der Waals surface area contributed by atoms with Gasteiger partial charge in [-0.05, 0) is 48.7 Å². The highest BCUT2D eigenvalue weighted by Gasteiger charge is 2.17. The summed E-state index contributed by atoms with van der Waals surface area (Å²) in [6.45, 7) is 1.73. The van der Waals surface area contributed by atoms with Crippen molar-refractivity contribution in [3.05, 3.63) is 47.0 Å². The van der Waals surface area contributed by atoms with Crippen LogP contribution >= 0.6 is 34.0 Å². The lowest BCUT2D eigenvalue weighted by atomic mass is 10.2. The van der Waals surface area contributed by atoms with Crippen LogP contribution in [-0.4, -0.2) is 23.2 Å². The Balaban J connectivity index is 1.71. The van der Waals surface area contributed by atoms with Crippen molar-refractivity contribution in [2.45, 2.75) is 6.92 Å². The highest BCUT2D eigenvalue weighted by Crippen LogP contribution is 2.41. The molecule has 25 heavy (non-hydrogen) atoms. The lowest BCUT2D eigenvalue weighted by molar-refractivity contribution is 0.0701. The Hall–Kier alpha value is -2.22. The van der Waals surface area contributed by atoms with Gasteiger partial charge in [0.05, 0.1) is 17.7 Å². The van der Waals surface area contributed by atoms with E-state index in [1.54, 1.807) is 36.7 Å². The van der Waals surface area contributed by atoms with E-state index in [-0.39, 0.29) is 0 Å². The van der Waals surface area contributed by atoms with Crippen LogP contribution in [0.1, 0.15) is 15.4 Å². The van der Waals surface area contributed by atoms with Gasteiger partial charge in [0.25, 0.3) is 0 Å². The van der Waals surface area contributed by atoms with Crippen LogP contribution in [0.4, 0.5) is 0 Å². The molecule has 0 atom stereocenters. The van der Waals surface area contributed by atoms with Crippen LogP contribution in [0, 0.1) is 6.92 Å². The summed E-state index contributed by atoms with van der Waals surface area (Å²) < 4.78 is 6.50. The molecule has 0 aliphatic rings. The molecule has 3 heterocycles. The fourth-order valence-electron chi connectivity index (χ4n) is 2.56. The summed E-state index contributed by atoms with van der Waals surface area (Å²) >= 11 is 4.59. The van der Waals surface area contributed by atoms with E-state index in [0.29, 0.717) is 10.6 Å². The number of carboxylic acids is 1. The van der Waals surface area contributed by atoms with Crippen LogP contribution in [0.2, 0.25) is 0 Å². The van der Waals surface area contributed by atoms with E-state index < -0.39 is 5.97 Å². The van der Waals surface area contributed by atoms with Gasteiger partial charge in [-0.2, -0.15) is 0 Å². The molecule has 0 saturated carbocycles. The Morgan fingerprint density at radius 1 is 1.04 bits per heavy atom. The van der Waals surface area contributed by atoms with Crippen molar-refractivity contribution >= 4 is 50.1 Å². The molecule has 7 heteroatoms. The number of thiophene rings is 2. The molecule has 1 N–H and O–H groups in total. The quantitative estimate of drug-likeness (QED) is 0.483. The molecule has 1 aromatic carbocycles. The van der Waals surface area contributed by atoms with Gasteiger partial charge in [-0.3, -0.25) is 0 Å². The standard InChI is InChI=1S/C18H13NO3S3/c1-9-16(18(20)21)25-17(19-9)14-6-5-13(24-14)15-8-10-7-11(22-2)3-4-12(10)23-15/h3-8H,1-2H3,(H,20,21). The molecule has 0 bridgehead atoms. The molecule has 0 aliphatic carbocycles. The molecule has 0 amide bonds. The summed E-state index contributed by atoms with van der Waals surface area (Å²) in [6, 6.07) is 12.3. The second-order valence-corrected chi connectivity index (χ2v) is 8.58. The number of hydrogen-bond acceptors (Lipinski definition) is 6. The SMILES string of the molecule is COc1ccc2sc(-c3ccc(-c4nc(C)c(C(=O)O)s4)s3)cc2c1. The first-order valence-electron chi connectivity index (χ1n) is 7.44. The third kappa shape index (κ3) is 2.95. The van der Waals surface area contributed by atoms with Crippen molar-refractivity contribution in [2.75, 3.05) is 7.11 Å². The molecule has 0 saturated heterocycles. The number of benzene rings is 1. The zero-order valence-electron chi connectivity index (χ0n) is 13.4. The van der Waals surface area contributed by atoms with Gasteiger partial charge in [-0.1, -0.05) is 0 Å². The Bertz CT molecular complexity index is 1090. The molecule has 4 aromatic rings. The molecule has 126 valence electrons. The number of carbonyl (C=O) groups is 1. The minimum atomic E-state index is -0.920. The summed E-state index contributed by atoms with van der Waals surface area (Å²) in [5, 5.41) is 11.1. The minimum Gasteiger partial charge on any atom is -0.497 e. The molecule has 0 radical (unpaired) electrons. The third-order valence-electron chi connectivity index (χ3n) is 3.77. The molecular weight excluding hydrogens is 374 g/mol. The Labute approximate surface area is 156 Å². The van der Waals surface area contributed by atoms with Crippen LogP contribution in [0.3, 0.4) is 0 Å². The number of nitrogens with zero attached hydrogens (tertiary/aromatic N) is 1. The van der Waals surface area contributed by atoms with E-state index in [1.807, 2.05) is 18.2 Å². The number of aromatic nitrogens is 1. The number of thiazole rings is 1. The van der Waals surface area contributed by atoms with E-state index in [1.165, 1.54) is 20.9 Å². The van der Waals surface area contributed by atoms with Crippen molar-refractivity contribution in [1.29, 1.82) is 0 Å². The van der Waals surface area contributed by atoms with Crippen molar-refractivity contribution in [3.63, 3.8) is 0 Å². The van der Waals surface area contributed by atoms with Crippen LogP contribution < -0.4 is 4.74 Å². The van der Waals surface area contributed by atoms with Gasteiger partial charge >= 0.3 is 5.97 Å². The van der Waals surface area contributed by atoms with E-state index in [4.69, 9.17) is 4.74 Å². The summed E-state index contributed by atoms with van der Waals surface area (Å²) in [6.07, 6.45) is 0. The van der Waals surface area contributed by atoms with Crippen molar-refractivity contribution in [3.8, 4) is 25.4 Å². The van der Waals surface area contributed by atoms with Gasteiger partial charge in [0.2, 0.25) is 0 Å². The lowest BCUT2D eigenvalue weighted by Gasteiger charge is -1.97. The molecule has 0 spiro atoms. The first-order chi connectivity index (χ1) is 12.0. The number of rotatable bonds is 4. The van der Waals surface area contributed by atoms with E-state index >= 15 is 0 Å². The Kier molecular flexibility index (Phi) is 4.07. The number of methoxy groups -OCH3 is 1. The lowest BCUT2D eigenvalue weighted by Crippen LogP contribution is -1.94. The normalized spacial score (nSPS) is 11.1. The molecule has 4 nitrogen and oxygen atoms in total. The van der Waals surface area contributed by atoms with Crippen LogP contribution in [-0.2, 0) is 0 Å². The average molecular weight is 388 g/mol. The van der Waals surface area contributed by atoms with Gasteiger partial charge in [0.15, 0.2) is 0 Å². The van der Waals surface area contributed by atoms with Crippen LogP contribution in [0.25, 0.3) is 29.7 Å². The monoisotopic (exact) mass is 387 g/mol. The second kappa shape index (κ2) is 6.25. The van der Waals surface area contributed by atoms with E-state index in [2.05, 4.69) is 23.2 Å². The average Bonchev–Trinajstić information content (AvgIpc) is 3.30. The topological polar surface area (TPSA) is 59.4 Å². The molecule has 3 aromatic heterocycles. The van der Waals surface area contributed by atoms with E-state index in [9.17, 15) is 9.90 Å². The van der Waals surface area contributed by atoms with Crippen LogP contribution in [0.5, 0.6) is 5.75 Å². The minimum absolute atomic E-state index is 0.305. The zero-order chi connectivity index (χ0) is 17.6. The highest BCUT2D eigenvalue weighted by atomic mass is 32.1. The first kappa shape index (κ1) is 16.3. The maximum atomic E-state index is 11.2. The third-order valence-corrected chi connectivity index (χ3v) is 7.49. The first-order valence-corrected chi connectivity index (χ1v) is 9.89. The molecular formula is C18H13NO3S3. The predicted octanol–water partition coefficient (Wildman–Crippen LogP) is 5.77. The molecule has 4 rings (SSSR count). The summed E-state index contributed by atoms with van der Waals surface area (Å²) in [5.41, 5.74) is 0.566. The second-order valence-electron chi connectivity index (χ2n) is 5.42. The fourth-order valence-corrected chi connectivity index (χ4v) is 5.65. The molecule has 0 aliphatic heterocycles. The van der Waals surface area contributed by atoms with Crippen molar-refractivity contribution < 1.29 is 14.6 Å². The number of aromatic carboxylic acids is 1. The van der Waals surface area contributed by atoms with Gasteiger partial charge < -0.3 is 9.84 Å². The largest absolute Gasteiger partial charge is 0.497 e. The fraction of sp³-hybridized carbons (Fsp3) is 0.111. The van der Waals surface area contributed by atoms with E-state index in [0.717, 1.165) is 25.9 Å². The van der Waals surface area contributed by atoms with Gasteiger partial charge in [0.1, 0.15) is 15.6 Å². The Morgan fingerprint density at radius 3 is 2.56 bits per heavy atom. The highest BCUT2D eigenvalue weighted by molar-refractivity contribution is 7.28. The van der Waals surface area contributed by atoms with Crippen LogP contribution in [0.15, 0.2) is 36.4 Å². The number of ether oxygens (including phenoxy) is 1. The number of aryl methyl sites for hydroxylation is 1. The summed E-state index contributed by atoms with van der Waals surface area (Å²) in [7, 11) is 1.67. The van der Waals surface area contributed by atoms with Gasteiger partial charge in [-0.15, -0.1) is 34.0 Å². The van der Waals surface area contributed by atoms with Crippen molar-refractivity contribution in [2.24, 2.45) is 0 Å². The molecule has 0 fully saturated rings. The zero-order valence-corrected chi connectivity index (χ0v) is 15.8. The number of hydrogen-bond donors (Lipinski definition) is 1. The smallest absolute Gasteiger partial charge is 0.347 e. The van der Waals surface area contributed by atoms with Gasteiger partial charge in [0, 0.05) is 14.5 Å². The number of fused-ring (bicyclic) bond motifs is 1. The maximum absolute atomic E-state index is 11.2. The maximum Gasteiger partial charge on any atom is 0.347 e. The summed E-state index contributed by atoms with van der Waals surface area (Å²) in [5.74, 6) is -0.0698. The molecule has 0 unspecified atom stereocenters. The predicted molar refractivity (Wildman–Crippen MR) is 104 cm³/mol. The number of carboxylic acid groups (broad SMARTS) is 1. The van der Waals surface area contributed by atoms with Gasteiger partial charge in [-0.25, -0.2) is 9.78 Å².